The Bertz CT molecular complexity index is 924. The quantitative estimate of drug-likeness (QED) is 0.758. The summed E-state index contributed by atoms with van der Waals surface area (Å²) < 4.78 is 32.8. The molecule has 0 unspecified atom stereocenters. The van der Waals surface area contributed by atoms with Crippen molar-refractivity contribution in [2.75, 3.05) is 31.4 Å². The van der Waals surface area contributed by atoms with E-state index < -0.39 is 15.9 Å². The predicted octanol–water partition coefficient (Wildman–Crippen LogP) is 2.70. The highest BCUT2D eigenvalue weighted by atomic mass is 32.2. The van der Waals surface area contributed by atoms with Crippen LogP contribution in [0.25, 0.3) is 0 Å². The smallest absolute Gasteiger partial charge is 0.255 e. The van der Waals surface area contributed by atoms with E-state index in [1.165, 1.54) is 25.3 Å². The van der Waals surface area contributed by atoms with Gasteiger partial charge in [-0.2, -0.15) is 0 Å². The van der Waals surface area contributed by atoms with Crippen molar-refractivity contribution in [3.8, 4) is 5.75 Å². The van der Waals surface area contributed by atoms with Crippen molar-refractivity contribution in [3.63, 3.8) is 0 Å². The molecule has 2 N–H and O–H groups in total. The second-order valence-electron chi connectivity index (χ2n) is 6.51. The largest absolute Gasteiger partial charge is 0.495 e. The zero-order valence-electron chi connectivity index (χ0n) is 16.1. The van der Waals surface area contributed by atoms with Gasteiger partial charge in [0.2, 0.25) is 10.0 Å². The Kier molecular flexibility index (Phi) is 6.45. The van der Waals surface area contributed by atoms with Gasteiger partial charge in [0.05, 0.1) is 18.5 Å². The number of methoxy groups -OCH3 is 1. The lowest BCUT2D eigenvalue weighted by molar-refractivity contribution is 0.102. The molecule has 0 aliphatic carbocycles. The summed E-state index contributed by atoms with van der Waals surface area (Å²) in [5, 5.41) is 2.83. The molecule has 0 fully saturated rings. The minimum Gasteiger partial charge on any atom is -0.495 e. The van der Waals surface area contributed by atoms with Gasteiger partial charge in [-0.25, -0.2) is 13.1 Å². The van der Waals surface area contributed by atoms with E-state index in [9.17, 15) is 13.2 Å². The monoisotopic (exact) mass is 391 g/mol. The molecular weight excluding hydrogens is 366 g/mol. The summed E-state index contributed by atoms with van der Waals surface area (Å²) in [6.45, 7) is 3.44. The molecule has 0 heterocycles. The van der Waals surface area contributed by atoms with Crippen molar-refractivity contribution in [3.05, 3.63) is 48.0 Å². The molecular formula is C19H25N3O4S. The van der Waals surface area contributed by atoms with Crippen molar-refractivity contribution in [2.45, 2.75) is 24.8 Å². The Hall–Kier alpha value is -2.58. The van der Waals surface area contributed by atoms with Crippen LogP contribution in [0.1, 0.15) is 24.2 Å². The Labute approximate surface area is 160 Å². The van der Waals surface area contributed by atoms with Crippen LogP contribution in [0.15, 0.2) is 47.4 Å². The summed E-state index contributed by atoms with van der Waals surface area (Å²) in [5.41, 5.74) is 1.69. The van der Waals surface area contributed by atoms with E-state index in [0.29, 0.717) is 5.69 Å². The molecule has 8 heteroatoms. The first-order chi connectivity index (χ1) is 12.7. The third kappa shape index (κ3) is 4.99. The van der Waals surface area contributed by atoms with Crippen LogP contribution in [-0.4, -0.2) is 41.6 Å². The predicted molar refractivity (Wildman–Crippen MR) is 107 cm³/mol. The number of nitrogens with zero attached hydrogens (tertiary/aromatic N) is 1. The highest BCUT2D eigenvalue weighted by Gasteiger charge is 2.22. The Balaban J connectivity index is 2.40. The number of rotatable bonds is 7. The van der Waals surface area contributed by atoms with Crippen LogP contribution in [0.3, 0.4) is 0 Å². The first kappa shape index (κ1) is 20.7. The van der Waals surface area contributed by atoms with Gasteiger partial charge in [-0.3, -0.25) is 4.79 Å². The van der Waals surface area contributed by atoms with Crippen LogP contribution in [0.4, 0.5) is 11.4 Å². The second-order valence-corrected chi connectivity index (χ2v) is 8.19. The maximum absolute atomic E-state index is 12.7. The van der Waals surface area contributed by atoms with Crippen molar-refractivity contribution in [2.24, 2.45) is 0 Å². The van der Waals surface area contributed by atoms with E-state index in [0.717, 1.165) is 5.69 Å². The minimum absolute atomic E-state index is 0.0766. The molecule has 7 nitrogen and oxygen atoms in total. The number of hydrogen-bond donors (Lipinski definition) is 2. The number of hydrogen-bond acceptors (Lipinski definition) is 5. The van der Waals surface area contributed by atoms with Crippen molar-refractivity contribution >= 4 is 27.3 Å². The lowest BCUT2D eigenvalue weighted by Gasteiger charge is -2.18. The summed E-state index contributed by atoms with van der Waals surface area (Å²) in [6.07, 6.45) is 0. The van der Waals surface area contributed by atoms with E-state index in [2.05, 4.69) is 10.0 Å². The van der Waals surface area contributed by atoms with Gasteiger partial charge in [-0.05, 0) is 44.2 Å². The maximum atomic E-state index is 12.7. The molecule has 0 radical (unpaired) electrons. The van der Waals surface area contributed by atoms with E-state index >= 15 is 0 Å². The van der Waals surface area contributed by atoms with Gasteiger partial charge in [-0.15, -0.1) is 0 Å². The van der Waals surface area contributed by atoms with Gasteiger partial charge in [0, 0.05) is 25.7 Å². The lowest BCUT2D eigenvalue weighted by atomic mass is 10.2. The van der Waals surface area contributed by atoms with Gasteiger partial charge < -0.3 is 15.0 Å². The fraction of sp³-hybridized carbons (Fsp3) is 0.316. The molecule has 0 bridgehead atoms. The Morgan fingerprint density at radius 1 is 1.11 bits per heavy atom. The van der Waals surface area contributed by atoms with E-state index in [1.807, 2.05) is 37.2 Å². The zero-order chi connectivity index (χ0) is 20.2. The van der Waals surface area contributed by atoms with Crippen LogP contribution < -0.4 is 19.7 Å². The molecule has 27 heavy (non-hydrogen) atoms. The summed E-state index contributed by atoms with van der Waals surface area (Å²) in [4.78, 5) is 14.5. The Morgan fingerprint density at radius 2 is 1.78 bits per heavy atom. The molecule has 146 valence electrons. The Morgan fingerprint density at radius 3 is 2.37 bits per heavy atom. The maximum Gasteiger partial charge on any atom is 0.255 e. The molecule has 0 aliphatic heterocycles. The fourth-order valence-corrected chi connectivity index (χ4v) is 4.01. The summed E-state index contributed by atoms with van der Waals surface area (Å²) in [5.74, 6) is -0.235. The highest BCUT2D eigenvalue weighted by molar-refractivity contribution is 7.89. The van der Waals surface area contributed by atoms with Crippen molar-refractivity contribution in [1.29, 1.82) is 0 Å². The van der Waals surface area contributed by atoms with Crippen LogP contribution in [-0.2, 0) is 10.0 Å². The van der Waals surface area contributed by atoms with Crippen molar-refractivity contribution in [1.82, 2.24) is 4.72 Å². The fourth-order valence-electron chi connectivity index (χ4n) is 2.57. The number of para-hydroxylation sites is 2. The summed E-state index contributed by atoms with van der Waals surface area (Å²) in [6, 6.07) is 11.4. The van der Waals surface area contributed by atoms with Crippen LogP contribution in [0, 0.1) is 0 Å². The molecule has 2 aromatic carbocycles. The second kappa shape index (κ2) is 8.41. The van der Waals surface area contributed by atoms with Crippen LogP contribution in [0.5, 0.6) is 5.75 Å². The molecule has 0 spiro atoms. The standard InChI is InChI=1S/C19H25N3O4S/c1-13(2)21-27(24,25)18-12-14(10-11-17(18)26-5)19(23)20-15-8-6-7-9-16(15)22(3)4/h6-13,21H,1-5H3,(H,20,23). The minimum atomic E-state index is -3.82. The number of amides is 1. The average molecular weight is 391 g/mol. The molecule has 2 rings (SSSR count). The van der Waals surface area contributed by atoms with E-state index in [-0.39, 0.29) is 22.3 Å². The number of ether oxygens (including phenoxy) is 1. The van der Waals surface area contributed by atoms with E-state index in [1.54, 1.807) is 19.9 Å². The molecule has 0 aromatic heterocycles. The first-order valence-electron chi connectivity index (χ1n) is 8.43. The number of benzene rings is 2. The number of carbonyl (C=O) groups is 1. The number of nitrogens with one attached hydrogen (secondary N) is 2. The van der Waals surface area contributed by atoms with Gasteiger partial charge in [0.25, 0.3) is 5.91 Å². The average Bonchev–Trinajstić information content (AvgIpc) is 2.60. The van der Waals surface area contributed by atoms with Crippen LogP contribution in [0.2, 0.25) is 0 Å². The molecule has 0 atom stereocenters. The molecule has 2 aromatic rings. The van der Waals surface area contributed by atoms with Gasteiger partial charge in [-0.1, -0.05) is 12.1 Å². The normalized spacial score (nSPS) is 11.3. The SMILES string of the molecule is COc1ccc(C(=O)Nc2ccccc2N(C)C)cc1S(=O)(=O)NC(C)C. The third-order valence-corrected chi connectivity index (χ3v) is 5.42. The van der Waals surface area contributed by atoms with Gasteiger partial charge >= 0.3 is 0 Å². The molecule has 0 saturated carbocycles. The lowest BCUT2D eigenvalue weighted by Crippen LogP contribution is -2.30. The summed E-state index contributed by atoms with van der Waals surface area (Å²) in [7, 11) is 1.32. The van der Waals surface area contributed by atoms with Gasteiger partial charge in [0.1, 0.15) is 10.6 Å². The van der Waals surface area contributed by atoms with Gasteiger partial charge in [0.15, 0.2) is 0 Å². The number of carbonyl (C=O) groups excluding carboxylic acids is 1. The van der Waals surface area contributed by atoms with E-state index in [4.69, 9.17) is 4.74 Å². The molecule has 0 saturated heterocycles. The zero-order valence-corrected chi connectivity index (χ0v) is 16.9. The highest BCUT2D eigenvalue weighted by Crippen LogP contribution is 2.27. The number of sulfonamides is 1. The molecule has 1 amide bonds. The molecule has 0 aliphatic rings. The summed E-state index contributed by atoms with van der Waals surface area (Å²) >= 11 is 0. The third-order valence-electron chi connectivity index (χ3n) is 3.74. The first-order valence-corrected chi connectivity index (χ1v) is 9.92. The van der Waals surface area contributed by atoms with Crippen LogP contribution >= 0.6 is 0 Å². The topological polar surface area (TPSA) is 87.7 Å². The van der Waals surface area contributed by atoms with Crippen molar-refractivity contribution < 1.29 is 17.9 Å². The number of anilines is 2.